The fourth-order valence-electron chi connectivity index (χ4n) is 4.01. The summed E-state index contributed by atoms with van der Waals surface area (Å²) in [4.78, 5) is 26.2. The maximum Gasteiger partial charge on any atom is 0.256 e. The van der Waals surface area contributed by atoms with Crippen molar-refractivity contribution in [3.63, 3.8) is 0 Å². The second-order valence-corrected chi connectivity index (χ2v) is 8.37. The summed E-state index contributed by atoms with van der Waals surface area (Å²) in [5.41, 5.74) is 9.30. The van der Waals surface area contributed by atoms with Gasteiger partial charge in [0.15, 0.2) is 0 Å². The number of nitrogens with one attached hydrogen (secondary N) is 1. The predicted molar refractivity (Wildman–Crippen MR) is 135 cm³/mol. The summed E-state index contributed by atoms with van der Waals surface area (Å²) in [6, 6.07) is 15.7. The zero-order valence-electron chi connectivity index (χ0n) is 19.2. The number of carbonyl (C=O) groups excluding carboxylic acids is 1. The van der Waals surface area contributed by atoms with Crippen LogP contribution in [0.2, 0.25) is 0 Å². The zero-order valence-corrected chi connectivity index (χ0v) is 19.2. The van der Waals surface area contributed by atoms with E-state index < -0.39 is 0 Å². The highest BCUT2D eigenvalue weighted by Gasteiger charge is 2.15. The number of pyridine rings is 1. The summed E-state index contributed by atoms with van der Waals surface area (Å²) in [5.74, 6) is 0.343. The number of rotatable bonds is 6. The molecule has 7 heteroatoms. The standard InChI is InChI=1S/C26H30N6O/c1-28-16-24(15-27)20-6-7-22-17-29-25(14-23(22)13-20)30-26(33)21-5-3-4-19(12-21)18-32-10-8-31(2)9-11-32/h3-7,12-17H,8-11,18,27H2,1-2H3,(H,29,30,33). The molecular weight excluding hydrogens is 412 g/mol. The van der Waals surface area contributed by atoms with Gasteiger partial charge in [-0.1, -0.05) is 24.3 Å². The molecule has 1 amide bonds. The molecule has 0 spiro atoms. The molecule has 33 heavy (non-hydrogen) atoms. The molecule has 0 unspecified atom stereocenters. The average Bonchev–Trinajstić information content (AvgIpc) is 2.83. The topological polar surface area (TPSA) is 86.8 Å². The van der Waals surface area contributed by atoms with Crippen molar-refractivity contribution in [2.24, 2.45) is 10.7 Å². The number of nitrogens with two attached hydrogens (primary N) is 1. The number of benzene rings is 2. The molecule has 3 aromatic rings. The Bertz CT molecular complexity index is 1190. The first-order chi connectivity index (χ1) is 16.1. The number of amides is 1. The number of hydrogen-bond donors (Lipinski definition) is 2. The molecule has 170 valence electrons. The summed E-state index contributed by atoms with van der Waals surface area (Å²) in [6.45, 7) is 5.08. The number of carbonyl (C=O) groups is 1. The molecule has 1 aliphatic rings. The van der Waals surface area contributed by atoms with E-state index in [1.807, 2.05) is 42.5 Å². The number of anilines is 1. The van der Waals surface area contributed by atoms with Crippen molar-refractivity contribution in [3.8, 4) is 0 Å². The van der Waals surface area contributed by atoms with E-state index in [1.54, 1.807) is 19.5 Å². The number of aliphatic imine (C=N–C) groups is 1. The van der Waals surface area contributed by atoms with Crippen molar-refractivity contribution in [1.82, 2.24) is 14.8 Å². The molecular formula is C26H30N6O. The van der Waals surface area contributed by atoms with Crippen LogP contribution in [0.1, 0.15) is 21.5 Å². The van der Waals surface area contributed by atoms with E-state index in [0.717, 1.165) is 60.2 Å². The molecule has 1 saturated heterocycles. The number of fused-ring (bicyclic) bond motifs is 1. The van der Waals surface area contributed by atoms with Crippen molar-refractivity contribution in [3.05, 3.63) is 77.6 Å². The summed E-state index contributed by atoms with van der Waals surface area (Å²) in [5, 5.41) is 4.88. The lowest BCUT2D eigenvalue weighted by Crippen LogP contribution is -2.43. The molecule has 4 rings (SSSR count). The molecule has 0 saturated carbocycles. The van der Waals surface area contributed by atoms with Gasteiger partial charge in [0.2, 0.25) is 0 Å². The average molecular weight is 443 g/mol. The highest BCUT2D eigenvalue weighted by atomic mass is 16.1. The minimum Gasteiger partial charge on any atom is -0.404 e. The largest absolute Gasteiger partial charge is 0.404 e. The Balaban J connectivity index is 1.49. The molecule has 1 aliphatic heterocycles. The molecule has 7 nitrogen and oxygen atoms in total. The van der Waals surface area contributed by atoms with E-state index in [4.69, 9.17) is 5.73 Å². The van der Waals surface area contributed by atoms with Crippen LogP contribution in [-0.4, -0.2) is 67.2 Å². The van der Waals surface area contributed by atoms with E-state index in [0.29, 0.717) is 11.4 Å². The van der Waals surface area contributed by atoms with Gasteiger partial charge in [0.05, 0.1) is 0 Å². The van der Waals surface area contributed by atoms with Gasteiger partial charge in [-0.05, 0) is 47.8 Å². The summed E-state index contributed by atoms with van der Waals surface area (Å²) < 4.78 is 0. The monoisotopic (exact) mass is 442 g/mol. The van der Waals surface area contributed by atoms with Crippen LogP contribution in [0, 0.1) is 0 Å². The predicted octanol–water partition coefficient (Wildman–Crippen LogP) is 3.23. The summed E-state index contributed by atoms with van der Waals surface area (Å²) in [7, 11) is 3.86. The first kappa shape index (κ1) is 22.6. The van der Waals surface area contributed by atoms with E-state index in [-0.39, 0.29) is 5.91 Å². The van der Waals surface area contributed by atoms with E-state index >= 15 is 0 Å². The third-order valence-corrected chi connectivity index (χ3v) is 5.94. The van der Waals surface area contributed by atoms with Crippen molar-refractivity contribution in [1.29, 1.82) is 0 Å². The number of likely N-dealkylation sites (N-methyl/N-ethyl adjacent to an activating group) is 1. The number of nitrogens with zero attached hydrogens (tertiary/aromatic N) is 4. The molecule has 1 fully saturated rings. The van der Waals surface area contributed by atoms with Crippen molar-refractivity contribution in [2.45, 2.75) is 6.54 Å². The quantitative estimate of drug-likeness (QED) is 0.573. The van der Waals surface area contributed by atoms with Gasteiger partial charge in [0, 0.05) is 74.9 Å². The molecule has 0 atom stereocenters. The SMILES string of the molecule is CN=CC(=CN)c1ccc2cnc(NC(=O)c3cccc(CN4CCN(C)CC4)c3)cc2c1. The van der Waals surface area contributed by atoms with Crippen LogP contribution >= 0.6 is 0 Å². The number of allylic oxidation sites excluding steroid dienone is 1. The Morgan fingerprint density at radius 2 is 1.91 bits per heavy atom. The smallest absolute Gasteiger partial charge is 0.256 e. The lowest BCUT2D eigenvalue weighted by molar-refractivity contribution is 0.102. The van der Waals surface area contributed by atoms with Crippen LogP contribution in [0.3, 0.4) is 0 Å². The van der Waals surface area contributed by atoms with E-state index in [9.17, 15) is 4.79 Å². The van der Waals surface area contributed by atoms with Gasteiger partial charge in [-0.25, -0.2) is 4.98 Å². The Morgan fingerprint density at radius 3 is 2.67 bits per heavy atom. The number of hydrogen-bond acceptors (Lipinski definition) is 6. The van der Waals surface area contributed by atoms with Crippen molar-refractivity contribution in [2.75, 3.05) is 45.6 Å². The van der Waals surface area contributed by atoms with Gasteiger partial charge in [0.1, 0.15) is 5.82 Å². The van der Waals surface area contributed by atoms with E-state index in [1.165, 1.54) is 6.20 Å². The molecule has 0 aliphatic carbocycles. The number of aromatic nitrogens is 1. The Kier molecular flexibility index (Phi) is 7.12. The van der Waals surface area contributed by atoms with Gasteiger partial charge in [-0.2, -0.15) is 0 Å². The first-order valence-electron chi connectivity index (χ1n) is 11.1. The molecule has 2 aromatic carbocycles. The van der Waals surface area contributed by atoms with Crippen LogP contribution in [-0.2, 0) is 6.54 Å². The van der Waals surface area contributed by atoms with Crippen LogP contribution in [0.15, 0.2) is 65.9 Å². The highest BCUT2D eigenvalue weighted by Crippen LogP contribution is 2.22. The Hall–Kier alpha value is -3.55. The fraction of sp³-hybridized carbons (Fsp3) is 0.269. The lowest BCUT2D eigenvalue weighted by atomic mass is 10.0. The van der Waals surface area contributed by atoms with Crippen molar-refractivity contribution >= 4 is 34.3 Å². The maximum absolute atomic E-state index is 12.9. The Labute approximate surface area is 194 Å². The third-order valence-electron chi connectivity index (χ3n) is 5.94. The van der Waals surface area contributed by atoms with Crippen molar-refractivity contribution < 1.29 is 4.79 Å². The highest BCUT2D eigenvalue weighted by molar-refractivity contribution is 6.10. The molecule has 0 radical (unpaired) electrons. The minimum atomic E-state index is -0.168. The molecule has 0 bridgehead atoms. The normalized spacial score (nSPS) is 15.9. The van der Waals surface area contributed by atoms with Gasteiger partial charge >= 0.3 is 0 Å². The second-order valence-electron chi connectivity index (χ2n) is 8.37. The third kappa shape index (κ3) is 5.63. The maximum atomic E-state index is 12.9. The van der Waals surface area contributed by atoms with Crippen LogP contribution in [0.5, 0.6) is 0 Å². The lowest BCUT2D eigenvalue weighted by Gasteiger charge is -2.32. The van der Waals surface area contributed by atoms with E-state index in [2.05, 4.69) is 38.2 Å². The van der Waals surface area contributed by atoms with Crippen LogP contribution < -0.4 is 11.1 Å². The summed E-state index contributed by atoms with van der Waals surface area (Å²) >= 11 is 0. The fourth-order valence-corrected chi connectivity index (χ4v) is 4.01. The zero-order chi connectivity index (χ0) is 23.2. The molecule has 2 heterocycles. The summed E-state index contributed by atoms with van der Waals surface area (Å²) in [6.07, 6.45) is 5.02. The van der Waals surface area contributed by atoms with Crippen LogP contribution in [0.25, 0.3) is 16.3 Å². The van der Waals surface area contributed by atoms with Gasteiger partial charge < -0.3 is 16.0 Å². The second kappa shape index (κ2) is 10.4. The first-order valence-corrected chi connectivity index (χ1v) is 11.1. The minimum absolute atomic E-state index is 0.168. The number of piperazine rings is 1. The van der Waals surface area contributed by atoms with Gasteiger partial charge in [-0.3, -0.25) is 14.7 Å². The van der Waals surface area contributed by atoms with Gasteiger partial charge in [-0.15, -0.1) is 0 Å². The molecule has 1 aromatic heterocycles. The van der Waals surface area contributed by atoms with Crippen LogP contribution in [0.4, 0.5) is 5.82 Å². The van der Waals surface area contributed by atoms with Gasteiger partial charge in [0.25, 0.3) is 5.91 Å². The Morgan fingerprint density at radius 1 is 1.09 bits per heavy atom. The molecule has 3 N–H and O–H groups in total.